The second-order valence-corrected chi connectivity index (χ2v) is 5.49. The van der Waals surface area contributed by atoms with E-state index in [1.165, 1.54) is 0 Å². The van der Waals surface area contributed by atoms with Gasteiger partial charge in [0.1, 0.15) is 5.84 Å². The molecule has 0 aliphatic heterocycles. The van der Waals surface area contributed by atoms with E-state index in [4.69, 9.17) is 11.1 Å². The molecule has 0 fully saturated rings. The van der Waals surface area contributed by atoms with Gasteiger partial charge in [-0.2, -0.15) is 0 Å². The zero-order chi connectivity index (χ0) is 15.4. The quantitative estimate of drug-likeness (QED) is 0.643. The maximum Gasteiger partial charge on any atom is 0.161 e. The Morgan fingerprint density at radius 2 is 2.00 bits per heavy atom. The van der Waals surface area contributed by atoms with Gasteiger partial charge in [-0.15, -0.1) is 0 Å². The van der Waals surface area contributed by atoms with E-state index in [0.717, 1.165) is 12.0 Å². The van der Waals surface area contributed by atoms with Crippen molar-refractivity contribution in [1.29, 1.82) is 5.41 Å². The number of aromatic nitrogens is 1. The number of halogens is 2. The molecular weight excluding hydrogens is 335 g/mol. The smallest absolute Gasteiger partial charge is 0.161 e. The first-order valence-electron chi connectivity index (χ1n) is 6.43. The average Bonchev–Trinajstić information content (AvgIpc) is 2.48. The topological polar surface area (TPSA) is 66.0 Å². The Kier molecular flexibility index (Phi) is 4.90. The summed E-state index contributed by atoms with van der Waals surface area (Å²) in [6, 6.07) is 7.18. The van der Waals surface area contributed by atoms with Gasteiger partial charge in [0.25, 0.3) is 0 Å². The molecule has 0 atom stereocenters. The minimum Gasteiger partial charge on any atom is -0.384 e. The number of amidine groups is 1. The lowest BCUT2D eigenvalue weighted by molar-refractivity contribution is 0.615. The van der Waals surface area contributed by atoms with Gasteiger partial charge in [-0.1, -0.05) is 0 Å². The van der Waals surface area contributed by atoms with E-state index in [-0.39, 0.29) is 10.3 Å². The van der Waals surface area contributed by atoms with Crippen LogP contribution in [0.4, 0.5) is 10.1 Å². The van der Waals surface area contributed by atoms with Crippen LogP contribution in [0.25, 0.3) is 0 Å². The van der Waals surface area contributed by atoms with Crippen molar-refractivity contribution in [3.05, 3.63) is 58.1 Å². The van der Waals surface area contributed by atoms with Gasteiger partial charge in [0, 0.05) is 31.5 Å². The second kappa shape index (κ2) is 6.67. The number of likely N-dealkylation sites (N-methyl/N-ethyl adjacent to an activating group) is 1. The number of nitrogens with zero attached hydrogens (tertiary/aromatic N) is 2. The van der Waals surface area contributed by atoms with Crippen LogP contribution >= 0.6 is 15.9 Å². The van der Waals surface area contributed by atoms with E-state index in [9.17, 15) is 4.39 Å². The summed E-state index contributed by atoms with van der Waals surface area (Å²) >= 11 is 3.17. The molecule has 110 valence electrons. The van der Waals surface area contributed by atoms with Crippen molar-refractivity contribution >= 4 is 27.5 Å². The van der Waals surface area contributed by atoms with Gasteiger partial charge in [0.05, 0.1) is 10.2 Å². The third-order valence-corrected chi connectivity index (χ3v) is 4.02. The van der Waals surface area contributed by atoms with Crippen LogP contribution in [0, 0.1) is 11.2 Å². The van der Waals surface area contributed by atoms with Gasteiger partial charge < -0.3 is 10.6 Å². The van der Waals surface area contributed by atoms with Crippen molar-refractivity contribution in [3.63, 3.8) is 0 Å². The Labute approximate surface area is 131 Å². The minimum atomic E-state index is -0.403. The van der Waals surface area contributed by atoms with E-state index >= 15 is 0 Å². The summed E-state index contributed by atoms with van der Waals surface area (Å²) in [5, 5.41) is 7.41. The normalized spacial score (nSPS) is 10.4. The van der Waals surface area contributed by atoms with Crippen molar-refractivity contribution in [2.45, 2.75) is 6.42 Å². The summed E-state index contributed by atoms with van der Waals surface area (Å²) in [7, 11) is 1.83. The first-order chi connectivity index (χ1) is 10.0. The van der Waals surface area contributed by atoms with Gasteiger partial charge in [-0.25, -0.2) is 4.39 Å². The van der Waals surface area contributed by atoms with E-state index in [1.807, 2.05) is 24.1 Å². The standard InChI is InChI=1S/C15H16BrFN4/c1-21(9-6-10-4-7-20-8-5-10)12-3-2-11(15(18)19)13(16)14(12)17/h2-5,7-8H,6,9H2,1H3,(H3,18,19). The number of rotatable bonds is 5. The van der Waals surface area contributed by atoms with Gasteiger partial charge in [-0.05, 0) is 52.2 Å². The molecule has 4 nitrogen and oxygen atoms in total. The Hall–Kier alpha value is -1.95. The summed E-state index contributed by atoms with van der Waals surface area (Å²) in [6.07, 6.45) is 4.28. The Balaban J connectivity index is 2.14. The number of benzene rings is 1. The Morgan fingerprint density at radius 3 is 2.62 bits per heavy atom. The predicted molar refractivity (Wildman–Crippen MR) is 86.3 cm³/mol. The lowest BCUT2D eigenvalue weighted by Crippen LogP contribution is -2.22. The zero-order valence-electron chi connectivity index (χ0n) is 11.6. The molecule has 6 heteroatoms. The van der Waals surface area contributed by atoms with Crippen molar-refractivity contribution in [3.8, 4) is 0 Å². The lowest BCUT2D eigenvalue weighted by Gasteiger charge is -2.21. The first kappa shape index (κ1) is 15.4. The maximum absolute atomic E-state index is 14.3. The number of nitrogens with one attached hydrogen (secondary N) is 1. The molecule has 0 amide bonds. The van der Waals surface area contributed by atoms with Crippen LogP contribution in [0.1, 0.15) is 11.1 Å². The molecule has 0 unspecified atom stereocenters. The summed E-state index contributed by atoms with van der Waals surface area (Å²) in [5.74, 6) is -0.563. The lowest BCUT2D eigenvalue weighted by atomic mass is 10.1. The van der Waals surface area contributed by atoms with Crippen LogP contribution < -0.4 is 10.6 Å². The summed E-state index contributed by atoms with van der Waals surface area (Å²) in [6.45, 7) is 0.673. The first-order valence-corrected chi connectivity index (χ1v) is 7.22. The molecule has 2 rings (SSSR count). The number of pyridine rings is 1. The fraction of sp³-hybridized carbons (Fsp3) is 0.200. The fourth-order valence-electron chi connectivity index (χ4n) is 2.01. The van der Waals surface area contributed by atoms with E-state index in [0.29, 0.717) is 17.8 Å². The van der Waals surface area contributed by atoms with Gasteiger partial charge >= 0.3 is 0 Å². The van der Waals surface area contributed by atoms with Crippen LogP contribution in [0.3, 0.4) is 0 Å². The molecule has 2 aromatic rings. The fourth-order valence-corrected chi connectivity index (χ4v) is 2.56. The van der Waals surface area contributed by atoms with E-state index < -0.39 is 5.82 Å². The van der Waals surface area contributed by atoms with Crippen LogP contribution in [0.5, 0.6) is 0 Å². The van der Waals surface area contributed by atoms with Crippen LogP contribution in [0.15, 0.2) is 41.1 Å². The van der Waals surface area contributed by atoms with Crippen molar-refractivity contribution in [2.75, 3.05) is 18.5 Å². The minimum absolute atomic E-state index is 0.160. The molecule has 1 heterocycles. The average molecular weight is 351 g/mol. The van der Waals surface area contributed by atoms with Crippen molar-refractivity contribution < 1.29 is 4.39 Å². The molecule has 0 saturated carbocycles. The van der Waals surface area contributed by atoms with Gasteiger partial charge in [-0.3, -0.25) is 10.4 Å². The Bertz CT molecular complexity index is 646. The van der Waals surface area contributed by atoms with Crippen molar-refractivity contribution in [1.82, 2.24) is 4.98 Å². The second-order valence-electron chi connectivity index (χ2n) is 4.70. The highest BCUT2D eigenvalue weighted by Crippen LogP contribution is 2.28. The molecule has 0 aliphatic carbocycles. The zero-order valence-corrected chi connectivity index (χ0v) is 13.2. The molecule has 0 radical (unpaired) electrons. The molecule has 1 aromatic carbocycles. The van der Waals surface area contributed by atoms with Crippen LogP contribution in [-0.4, -0.2) is 24.4 Å². The summed E-state index contributed by atoms with van der Waals surface area (Å²) in [4.78, 5) is 5.81. The number of nitrogen functional groups attached to an aromatic ring is 1. The number of hydrogen-bond donors (Lipinski definition) is 2. The highest BCUT2D eigenvalue weighted by molar-refractivity contribution is 9.10. The molecular formula is C15H16BrFN4. The number of hydrogen-bond acceptors (Lipinski definition) is 3. The highest BCUT2D eigenvalue weighted by Gasteiger charge is 2.15. The van der Waals surface area contributed by atoms with E-state index in [2.05, 4.69) is 20.9 Å². The summed E-state index contributed by atoms with van der Waals surface area (Å²) in [5.41, 5.74) is 7.39. The molecule has 21 heavy (non-hydrogen) atoms. The van der Waals surface area contributed by atoms with Gasteiger partial charge in [0.2, 0.25) is 0 Å². The summed E-state index contributed by atoms with van der Waals surface area (Å²) < 4.78 is 14.6. The molecule has 1 aromatic heterocycles. The van der Waals surface area contributed by atoms with Crippen LogP contribution in [-0.2, 0) is 6.42 Å². The van der Waals surface area contributed by atoms with Crippen LogP contribution in [0.2, 0.25) is 0 Å². The third-order valence-electron chi connectivity index (χ3n) is 3.25. The molecule has 0 saturated heterocycles. The molecule has 0 bridgehead atoms. The predicted octanol–water partition coefficient (Wildman–Crippen LogP) is 2.95. The number of anilines is 1. The molecule has 3 N–H and O–H groups in total. The highest BCUT2D eigenvalue weighted by atomic mass is 79.9. The Morgan fingerprint density at radius 1 is 1.33 bits per heavy atom. The van der Waals surface area contributed by atoms with Gasteiger partial charge in [0.15, 0.2) is 5.82 Å². The number of nitrogens with two attached hydrogens (primary N) is 1. The molecule has 0 spiro atoms. The molecule has 0 aliphatic rings. The van der Waals surface area contributed by atoms with Crippen molar-refractivity contribution in [2.24, 2.45) is 5.73 Å². The monoisotopic (exact) mass is 350 g/mol. The SMILES string of the molecule is CN(CCc1ccncc1)c1ccc(C(=N)N)c(Br)c1F. The largest absolute Gasteiger partial charge is 0.384 e. The third kappa shape index (κ3) is 3.58. The maximum atomic E-state index is 14.3. The van der Waals surface area contributed by atoms with E-state index in [1.54, 1.807) is 24.5 Å².